The van der Waals surface area contributed by atoms with E-state index in [1.807, 2.05) is 26.0 Å². The highest BCUT2D eigenvalue weighted by Crippen LogP contribution is 2.46. The summed E-state index contributed by atoms with van der Waals surface area (Å²) in [5.41, 5.74) is 0.730. The Labute approximate surface area is 212 Å². The van der Waals surface area contributed by atoms with E-state index in [4.69, 9.17) is 4.74 Å². The first kappa shape index (κ1) is 24.4. The fourth-order valence-corrected chi connectivity index (χ4v) is 4.33. The molecule has 0 aromatic carbocycles. The van der Waals surface area contributed by atoms with Crippen LogP contribution in [0.4, 0.5) is 16.2 Å². The number of hydrogen-bond acceptors (Lipinski definition) is 9. The maximum absolute atomic E-state index is 13.2. The second kappa shape index (κ2) is 9.65. The predicted molar refractivity (Wildman–Crippen MR) is 131 cm³/mol. The molecule has 4 aromatic heterocycles. The Hall–Kier alpha value is -4.26. The average Bonchev–Trinajstić information content (AvgIpc) is 3.46. The number of aromatic amines is 1. The van der Waals surface area contributed by atoms with E-state index in [0.29, 0.717) is 42.1 Å². The molecule has 1 aliphatic carbocycles. The van der Waals surface area contributed by atoms with Crippen LogP contribution in [0.5, 0.6) is 0 Å². The van der Waals surface area contributed by atoms with Gasteiger partial charge >= 0.3 is 0 Å². The van der Waals surface area contributed by atoms with Gasteiger partial charge in [0.05, 0.1) is 18.4 Å². The number of pyridine rings is 1. The number of anilines is 2. The number of aromatic nitrogens is 8. The van der Waals surface area contributed by atoms with Gasteiger partial charge in [-0.3, -0.25) is 9.89 Å². The first-order chi connectivity index (χ1) is 17.7. The molecular formula is C24H27FN10O2. The number of ether oxygens (including phenoxy) is 1. The number of amides is 1. The van der Waals surface area contributed by atoms with Gasteiger partial charge in [0.15, 0.2) is 17.5 Å². The number of rotatable bonds is 8. The summed E-state index contributed by atoms with van der Waals surface area (Å²) in [5, 5.41) is 17.0. The lowest BCUT2D eigenvalue weighted by atomic mass is 9.69. The fourth-order valence-electron chi connectivity index (χ4n) is 4.33. The monoisotopic (exact) mass is 506 g/mol. The molecule has 3 N–H and O–H groups in total. The molecule has 1 saturated carbocycles. The lowest BCUT2D eigenvalue weighted by Crippen LogP contribution is -2.56. The molecule has 4 aromatic rings. The smallest absolute Gasteiger partial charge is 0.252 e. The summed E-state index contributed by atoms with van der Waals surface area (Å²) in [7, 11) is 1.53. The molecule has 0 radical (unpaired) electrons. The third-order valence-corrected chi connectivity index (χ3v) is 6.44. The molecule has 12 nitrogen and oxygen atoms in total. The third kappa shape index (κ3) is 5.03. The number of carbonyl (C=O) groups excluding carboxylic acids is 1. The van der Waals surface area contributed by atoms with Crippen molar-refractivity contribution in [2.75, 3.05) is 12.4 Å². The second-order valence-electron chi connectivity index (χ2n) is 9.18. The van der Waals surface area contributed by atoms with Crippen molar-refractivity contribution in [3.05, 3.63) is 65.5 Å². The van der Waals surface area contributed by atoms with E-state index in [2.05, 4.69) is 45.9 Å². The molecule has 0 unspecified atom stereocenters. The Morgan fingerprint density at radius 1 is 1.24 bits per heavy atom. The number of nitrogens with zero attached hydrogens (tertiary/aromatic N) is 7. The maximum Gasteiger partial charge on any atom is 0.252 e. The van der Waals surface area contributed by atoms with Crippen molar-refractivity contribution < 1.29 is 13.9 Å². The Balaban J connectivity index is 1.23. The number of nitrogens with one attached hydrogen (secondary N) is 3. The van der Waals surface area contributed by atoms with Crippen LogP contribution in [0.15, 0.2) is 36.8 Å². The van der Waals surface area contributed by atoms with E-state index in [0.717, 1.165) is 17.5 Å². The van der Waals surface area contributed by atoms with Crippen LogP contribution in [0.3, 0.4) is 0 Å². The van der Waals surface area contributed by atoms with Gasteiger partial charge in [-0.25, -0.2) is 19.0 Å². The Bertz CT molecular complexity index is 1410. The van der Waals surface area contributed by atoms with Crippen LogP contribution >= 0.6 is 0 Å². The fraction of sp³-hybridized carbons (Fsp3) is 0.375. The van der Waals surface area contributed by atoms with Gasteiger partial charge in [-0.15, -0.1) is 0 Å². The van der Waals surface area contributed by atoms with Gasteiger partial charge in [-0.1, -0.05) is 6.07 Å². The molecule has 1 fully saturated rings. The molecule has 1 aliphatic rings. The highest BCUT2D eigenvalue weighted by atomic mass is 19.1. The van der Waals surface area contributed by atoms with Crippen LogP contribution in [0.25, 0.3) is 5.82 Å². The molecule has 5 rings (SSSR count). The molecule has 37 heavy (non-hydrogen) atoms. The van der Waals surface area contributed by atoms with Crippen molar-refractivity contribution in [2.24, 2.45) is 0 Å². The van der Waals surface area contributed by atoms with Crippen molar-refractivity contribution in [2.45, 2.75) is 51.2 Å². The Morgan fingerprint density at radius 3 is 2.68 bits per heavy atom. The molecule has 1 atom stereocenters. The Kier molecular flexibility index (Phi) is 6.38. The number of methoxy groups -OCH3 is 1. The summed E-state index contributed by atoms with van der Waals surface area (Å²) < 4.78 is 20.3. The van der Waals surface area contributed by atoms with Crippen molar-refractivity contribution in [1.82, 2.24) is 45.2 Å². The number of H-pyrrole nitrogens is 1. The molecule has 0 saturated heterocycles. The van der Waals surface area contributed by atoms with Gasteiger partial charge in [0.1, 0.15) is 17.2 Å². The molecular weight excluding hydrogens is 479 g/mol. The molecule has 0 bridgehead atoms. The van der Waals surface area contributed by atoms with Crippen LogP contribution in [0, 0.1) is 19.7 Å². The second-order valence-corrected chi connectivity index (χ2v) is 9.18. The quantitative estimate of drug-likeness (QED) is 0.328. The number of halogens is 1. The molecule has 13 heteroatoms. The summed E-state index contributed by atoms with van der Waals surface area (Å²) in [4.78, 5) is 30.9. The first-order valence-electron chi connectivity index (χ1n) is 11.8. The average molecular weight is 507 g/mol. The van der Waals surface area contributed by atoms with Gasteiger partial charge in [-0.2, -0.15) is 20.2 Å². The summed E-state index contributed by atoms with van der Waals surface area (Å²) >= 11 is 0. The standard InChI is InChI=1S/C24H27FN10O2/c1-13-7-19(34-33-13)31-23-30-15(3)29-21(32-23)17-8-24(9-17,37-4)22(36)28-14(2)16-5-6-20(26-10-16)35-12-18(25)11-27-35/h5-7,10-12,14,17H,8-9H2,1-4H3,(H,28,36)(H2,29,30,31,32,33,34)/t14-,17-,24+/m0/s1. The van der Waals surface area contributed by atoms with E-state index >= 15 is 0 Å². The SMILES string of the molecule is CO[C@]1(C(=O)N[C@@H](C)c2ccc(-n3cc(F)cn3)nc2)C[C@H](c2nc(C)nc(Nc3cc(C)[nH]n3)n2)C1. The number of aryl methyl sites for hydroxylation is 2. The molecule has 192 valence electrons. The van der Waals surface area contributed by atoms with E-state index in [1.165, 1.54) is 18.0 Å². The molecule has 1 amide bonds. The van der Waals surface area contributed by atoms with Crippen LogP contribution in [0.1, 0.15) is 54.6 Å². The van der Waals surface area contributed by atoms with Crippen LogP contribution in [-0.2, 0) is 9.53 Å². The van der Waals surface area contributed by atoms with E-state index in [1.54, 1.807) is 19.2 Å². The normalized spacial score (nSPS) is 19.8. The predicted octanol–water partition coefficient (Wildman–Crippen LogP) is 2.81. The van der Waals surface area contributed by atoms with Gasteiger partial charge in [0, 0.05) is 31.0 Å². The van der Waals surface area contributed by atoms with Gasteiger partial charge in [0.2, 0.25) is 5.95 Å². The topological polar surface area (TPSA) is 148 Å². The maximum atomic E-state index is 13.2. The zero-order valence-electron chi connectivity index (χ0n) is 20.9. The van der Waals surface area contributed by atoms with Gasteiger partial charge in [-0.05, 0) is 45.2 Å². The minimum absolute atomic E-state index is 0.0559. The summed E-state index contributed by atoms with van der Waals surface area (Å²) in [6.07, 6.45) is 4.87. The van der Waals surface area contributed by atoms with Crippen molar-refractivity contribution in [3.8, 4) is 5.82 Å². The molecule has 4 heterocycles. The Morgan fingerprint density at radius 2 is 2.05 bits per heavy atom. The zero-order chi connectivity index (χ0) is 26.2. The minimum Gasteiger partial charge on any atom is -0.368 e. The van der Waals surface area contributed by atoms with Gasteiger partial charge in [0.25, 0.3) is 5.91 Å². The lowest BCUT2D eigenvalue weighted by Gasteiger charge is -2.44. The lowest BCUT2D eigenvalue weighted by molar-refractivity contribution is -0.158. The third-order valence-electron chi connectivity index (χ3n) is 6.44. The summed E-state index contributed by atoms with van der Waals surface area (Å²) in [5.74, 6) is 1.95. The largest absolute Gasteiger partial charge is 0.368 e. The van der Waals surface area contributed by atoms with E-state index in [-0.39, 0.29) is 17.9 Å². The molecule has 0 aliphatic heterocycles. The van der Waals surface area contributed by atoms with Crippen LogP contribution < -0.4 is 10.6 Å². The van der Waals surface area contributed by atoms with Crippen molar-refractivity contribution in [1.29, 1.82) is 0 Å². The molecule has 0 spiro atoms. The first-order valence-corrected chi connectivity index (χ1v) is 11.8. The number of carbonyl (C=O) groups is 1. The van der Waals surface area contributed by atoms with E-state index < -0.39 is 11.4 Å². The zero-order valence-corrected chi connectivity index (χ0v) is 20.9. The van der Waals surface area contributed by atoms with Crippen LogP contribution in [-0.4, -0.2) is 58.5 Å². The van der Waals surface area contributed by atoms with E-state index in [9.17, 15) is 9.18 Å². The van der Waals surface area contributed by atoms with Crippen molar-refractivity contribution in [3.63, 3.8) is 0 Å². The highest BCUT2D eigenvalue weighted by molar-refractivity contribution is 5.87. The summed E-state index contributed by atoms with van der Waals surface area (Å²) in [6.45, 7) is 5.57. The highest BCUT2D eigenvalue weighted by Gasteiger charge is 2.52. The summed E-state index contributed by atoms with van der Waals surface area (Å²) in [6, 6.07) is 5.07. The van der Waals surface area contributed by atoms with Crippen LogP contribution in [0.2, 0.25) is 0 Å². The minimum atomic E-state index is -0.980. The van der Waals surface area contributed by atoms with Gasteiger partial charge < -0.3 is 15.4 Å². The number of hydrogen-bond donors (Lipinski definition) is 3. The van der Waals surface area contributed by atoms with Crippen molar-refractivity contribution >= 4 is 17.7 Å².